The Morgan fingerprint density at radius 1 is 0.978 bits per heavy atom. The Labute approximate surface area is 258 Å². The number of benzene rings is 2. The van der Waals surface area contributed by atoms with Crippen molar-refractivity contribution in [1.82, 2.24) is 34.3 Å². The van der Waals surface area contributed by atoms with Crippen molar-refractivity contribution in [3.63, 3.8) is 0 Å². The smallest absolute Gasteiger partial charge is 0.234 e. The number of carbonyl (C=O) groups is 1. The maximum absolute atomic E-state index is 14.5. The first-order chi connectivity index (χ1) is 21.9. The Morgan fingerprint density at radius 3 is 2.49 bits per heavy atom. The number of hydrogen-bond acceptors (Lipinski definition) is 10. The van der Waals surface area contributed by atoms with Crippen LogP contribution in [0, 0.1) is 0 Å². The Hall–Kier alpha value is -5.59. The molecule has 1 fully saturated rings. The minimum Gasteiger partial charge on any atom is -0.497 e. The lowest BCUT2D eigenvalue weighted by Gasteiger charge is -2.41. The number of nitrogen functional groups attached to an aromatic ring is 1. The zero-order valence-corrected chi connectivity index (χ0v) is 25.3. The molecule has 13 heteroatoms. The number of ether oxygens (including phenoxy) is 2. The first-order valence-corrected chi connectivity index (χ1v) is 14.6. The number of furan rings is 1. The summed E-state index contributed by atoms with van der Waals surface area (Å²) >= 11 is 0. The maximum Gasteiger partial charge on any atom is 0.234 e. The average molecular weight is 608 g/mol. The summed E-state index contributed by atoms with van der Waals surface area (Å²) in [5, 5.41) is 9.82. The second-order valence-electron chi connectivity index (χ2n) is 11.2. The number of aromatic nitrogens is 6. The molecule has 1 unspecified atom stereocenters. The van der Waals surface area contributed by atoms with Gasteiger partial charge >= 0.3 is 0 Å². The summed E-state index contributed by atoms with van der Waals surface area (Å²) in [6, 6.07) is 19.1. The monoisotopic (exact) mass is 607 g/mol. The molecule has 7 rings (SSSR count). The predicted octanol–water partition coefficient (Wildman–Crippen LogP) is 3.64. The Balaban J connectivity index is 1.19. The Bertz CT molecular complexity index is 1980. The third-order valence-electron chi connectivity index (χ3n) is 8.48. The normalized spacial score (nSPS) is 15.0. The van der Waals surface area contributed by atoms with Gasteiger partial charge in [0.1, 0.15) is 11.5 Å². The second kappa shape index (κ2) is 11.2. The number of hydrogen-bond donors (Lipinski definition) is 1. The van der Waals surface area contributed by atoms with Crippen LogP contribution in [0.5, 0.6) is 11.5 Å². The van der Waals surface area contributed by atoms with Crippen LogP contribution in [0.4, 0.5) is 11.6 Å². The van der Waals surface area contributed by atoms with Gasteiger partial charge in [-0.15, -0.1) is 5.10 Å². The minimum absolute atomic E-state index is 0.00956. The van der Waals surface area contributed by atoms with Gasteiger partial charge in [-0.05, 0) is 36.8 Å². The number of carbonyl (C=O) groups excluding carboxylic acids is 1. The van der Waals surface area contributed by atoms with Gasteiger partial charge in [0.2, 0.25) is 17.7 Å². The third kappa shape index (κ3) is 4.86. The standard InChI is InChI=1S/C32H33N9O4/c1-32(21-8-5-4-6-9-21,30(42)39-15-13-38(14-16-39)24-12-11-22(43-2)18-26(24)44-3)20-40-28-23(19-34-40)29-35-27(25-10-7-17-45-25)37-41(29)31(33)36-28/h4-12,17-19H,13-16,20H2,1-3H3,(H2,33,36). The number of methoxy groups -OCH3 is 2. The summed E-state index contributed by atoms with van der Waals surface area (Å²) in [4.78, 5) is 28.0. The molecule has 13 nitrogen and oxygen atoms in total. The lowest BCUT2D eigenvalue weighted by molar-refractivity contribution is -0.137. The summed E-state index contributed by atoms with van der Waals surface area (Å²) in [6.45, 7) is 4.63. The van der Waals surface area contributed by atoms with Crippen LogP contribution in [0.3, 0.4) is 0 Å². The van der Waals surface area contributed by atoms with E-state index in [1.54, 1.807) is 43.5 Å². The number of nitrogens with zero attached hydrogens (tertiary/aromatic N) is 8. The molecule has 45 heavy (non-hydrogen) atoms. The van der Waals surface area contributed by atoms with Crippen LogP contribution in [0.25, 0.3) is 28.3 Å². The molecule has 0 saturated carbocycles. The van der Waals surface area contributed by atoms with Crippen molar-refractivity contribution in [3.05, 3.63) is 78.7 Å². The van der Waals surface area contributed by atoms with E-state index in [-0.39, 0.29) is 18.4 Å². The van der Waals surface area contributed by atoms with Crippen LogP contribution in [-0.2, 0) is 16.8 Å². The first kappa shape index (κ1) is 28.2. The molecule has 5 heterocycles. The molecule has 6 aromatic rings. The zero-order chi connectivity index (χ0) is 31.1. The van der Waals surface area contributed by atoms with Crippen LogP contribution in [0.2, 0.25) is 0 Å². The van der Waals surface area contributed by atoms with E-state index in [9.17, 15) is 4.79 Å². The fraction of sp³-hybridized carbons (Fsp3) is 0.281. The fourth-order valence-electron chi connectivity index (χ4n) is 6.02. The van der Waals surface area contributed by atoms with E-state index in [0.29, 0.717) is 54.4 Å². The second-order valence-corrected chi connectivity index (χ2v) is 11.2. The van der Waals surface area contributed by atoms with Gasteiger partial charge in [-0.1, -0.05) is 30.3 Å². The van der Waals surface area contributed by atoms with Gasteiger partial charge in [0.25, 0.3) is 0 Å². The summed E-state index contributed by atoms with van der Waals surface area (Å²) in [5.41, 5.74) is 8.28. The highest BCUT2D eigenvalue weighted by atomic mass is 16.5. The van der Waals surface area contributed by atoms with Gasteiger partial charge in [0, 0.05) is 32.2 Å². The summed E-state index contributed by atoms with van der Waals surface area (Å²) in [7, 11) is 3.28. The van der Waals surface area contributed by atoms with Crippen molar-refractivity contribution >= 4 is 34.2 Å². The number of nitrogens with two attached hydrogens (primary N) is 1. The molecule has 1 aliphatic heterocycles. The number of anilines is 2. The fourth-order valence-corrected chi connectivity index (χ4v) is 6.02. The van der Waals surface area contributed by atoms with Crippen molar-refractivity contribution in [2.45, 2.75) is 18.9 Å². The molecule has 0 spiro atoms. The van der Waals surface area contributed by atoms with Crippen LogP contribution < -0.4 is 20.1 Å². The van der Waals surface area contributed by atoms with Crippen molar-refractivity contribution in [1.29, 1.82) is 0 Å². The molecule has 0 bridgehead atoms. The Morgan fingerprint density at radius 2 is 1.78 bits per heavy atom. The highest BCUT2D eigenvalue weighted by Gasteiger charge is 2.41. The zero-order valence-electron chi connectivity index (χ0n) is 25.3. The van der Waals surface area contributed by atoms with E-state index in [1.165, 1.54) is 4.52 Å². The van der Waals surface area contributed by atoms with Crippen LogP contribution in [-0.4, -0.2) is 80.6 Å². The SMILES string of the molecule is COc1ccc(N2CCN(C(=O)C(C)(Cn3ncc4c3nc(N)n3nc(-c5ccco5)nc43)c3ccccc3)CC2)c(OC)c1. The molecule has 2 N–H and O–H groups in total. The number of piperazine rings is 1. The summed E-state index contributed by atoms with van der Waals surface area (Å²) in [5.74, 6) is 2.54. The largest absolute Gasteiger partial charge is 0.497 e. The van der Waals surface area contributed by atoms with Crippen molar-refractivity contribution in [2.75, 3.05) is 51.0 Å². The lowest BCUT2D eigenvalue weighted by atomic mass is 9.80. The van der Waals surface area contributed by atoms with Crippen molar-refractivity contribution in [3.8, 4) is 23.1 Å². The van der Waals surface area contributed by atoms with Gasteiger partial charge in [-0.25, -0.2) is 9.67 Å². The molecular weight excluding hydrogens is 574 g/mol. The highest BCUT2D eigenvalue weighted by Crippen LogP contribution is 2.35. The maximum atomic E-state index is 14.5. The van der Waals surface area contributed by atoms with E-state index in [2.05, 4.69) is 25.1 Å². The van der Waals surface area contributed by atoms with Crippen LogP contribution >= 0.6 is 0 Å². The molecule has 2 aromatic carbocycles. The van der Waals surface area contributed by atoms with E-state index < -0.39 is 5.41 Å². The van der Waals surface area contributed by atoms with E-state index in [4.69, 9.17) is 19.6 Å². The molecule has 1 atom stereocenters. The quantitative estimate of drug-likeness (QED) is 0.273. The minimum atomic E-state index is -0.949. The van der Waals surface area contributed by atoms with E-state index in [1.807, 2.05) is 60.4 Å². The third-order valence-corrected chi connectivity index (χ3v) is 8.48. The Kier molecular flexibility index (Phi) is 6.99. The molecule has 0 radical (unpaired) electrons. The molecular formula is C32H33N9O4. The summed E-state index contributed by atoms with van der Waals surface area (Å²) < 4.78 is 19.7. The summed E-state index contributed by atoms with van der Waals surface area (Å²) in [6.07, 6.45) is 3.25. The first-order valence-electron chi connectivity index (χ1n) is 14.6. The van der Waals surface area contributed by atoms with Gasteiger partial charge < -0.3 is 29.4 Å². The average Bonchev–Trinajstić information content (AvgIpc) is 3.85. The molecule has 230 valence electrons. The highest BCUT2D eigenvalue weighted by molar-refractivity contribution is 5.91. The molecule has 4 aromatic heterocycles. The molecule has 0 aliphatic carbocycles. The van der Waals surface area contributed by atoms with Gasteiger partial charge in [0.15, 0.2) is 17.1 Å². The number of rotatable bonds is 8. The number of fused-ring (bicyclic) bond motifs is 3. The molecule has 1 aliphatic rings. The molecule has 1 amide bonds. The van der Waals surface area contributed by atoms with Crippen molar-refractivity contribution in [2.24, 2.45) is 0 Å². The predicted molar refractivity (Wildman–Crippen MR) is 168 cm³/mol. The number of amides is 1. The topological polar surface area (TPSA) is 142 Å². The van der Waals surface area contributed by atoms with E-state index >= 15 is 0 Å². The van der Waals surface area contributed by atoms with E-state index in [0.717, 1.165) is 22.7 Å². The van der Waals surface area contributed by atoms with Crippen molar-refractivity contribution < 1.29 is 18.7 Å². The van der Waals surface area contributed by atoms with Gasteiger partial charge in [0.05, 0.1) is 49.7 Å². The lowest BCUT2D eigenvalue weighted by Crippen LogP contribution is -2.55. The molecule has 1 saturated heterocycles. The van der Waals surface area contributed by atoms with Crippen LogP contribution in [0.15, 0.2) is 77.5 Å². The van der Waals surface area contributed by atoms with Gasteiger partial charge in [-0.2, -0.15) is 14.6 Å². The van der Waals surface area contributed by atoms with Gasteiger partial charge in [-0.3, -0.25) is 4.79 Å². The van der Waals surface area contributed by atoms with Crippen LogP contribution in [0.1, 0.15) is 12.5 Å².